The lowest BCUT2D eigenvalue weighted by atomic mass is 10.1. The number of nitrogens with zero attached hydrogens (tertiary/aromatic N) is 1. The van der Waals surface area contributed by atoms with Gasteiger partial charge in [-0.25, -0.2) is 0 Å². The van der Waals surface area contributed by atoms with Gasteiger partial charge >= 0.3 is 0 Å². The number of amides is 1. The highest BCUT2D eigenvalue weighted by molar-refractivity contribution is 5.94. The smallest absolute Gasteiger partial charge is 0.251 e. The molecule has 168 valence electrons. The number of nitrogens with one attached hydrogen (secondary N) is 3. The molecule has 0 saturated carbocycles. The highest BCUT2D eigenvalue weighted by Gasteiger charge is 2.05. The van der Waals surface area contributed by atoms with Gasteiger partial charge in [0, 0.05) is 31.7 Å². The van der Waals surface area contributed by atoms with Gasteiger partial charge in [0.15, 0.2) is 5.96 Å². The Labute approximate surface area is 184 Å². The fourth-order valence-electron chi connectivity index (χ4n) is 3.02. The van der Waals surface area contributed by atoms with Gasteiger partial charge in [0.05, 0.1) is 7.11 Å². The molecule has 0 radical (unpaired) electrons. The minimum absolute atomic E-state index is 0.0857. The Hall–Kier alpha value is -3.22. The maximum absolute atomic E-state index is 12.0. The van der Waals surface area contributed by atoms with Crippen LogP contribution in [-0.2, 0) is 6.42 Å². The van der Waals surface area contributed by atoms with Crippen LogP contribution in [0.25, 0.3) is 0 Å². The molecule has 31 heavy (non-hydrogen) atoms. The van der Waals surface area contributed by atoms with Crippen molar-refractivity contribution in [1.29, 1.82) is 0 Å². The number of aliphatic imine (C=N–C) groups is 1. The van der Waals surface area contributed by atoms with Crippen LogP contribution >= 0.6 is 0 Å². The number of hydrogen-bond acceptors (Lipinski definition) is 4. The number of aromatic hydroxyl groups is 1. The molecule has 0 heterocycles. The van der Waals surface area contributed by atoms with Crippen molar-refractivity contribution < 1.29 is 14.6 Å². The molecule has 0 bridgehead atoms. The van der Waals surface area contributed by atoms with Gasteiger partial charge in [-0.2, -0.15) is 0 Å². The molecular formula is C24H34N4O3. The van der Waals surface area contributed by atoms with E-state index >= 15 is 0 Å². The van der Waals surface area contributed by atoms with Gasteiger partial charge in [-0.05, 0) is 68.5 Å². The monoisotopic (exact) mass is 426 g/mol. The van der Waals surface area contributed by atoms with Crippen LogP contribution in [-0.4, -0.2) is 50.3 Å². The summed E-state index contributed by atoms with van der Waals surface area (Å²) in [5.74, 6) is 1.58. The first kappa shape index (κ1) is 24.1. The highest BCUT2D eigenvalue weighted by Crippen LogP contribution is 2.13. The summed E-state index contributed by atoms with van der Waals surface area (Å²) in [7, 11) is 1.68. The zero-order valence-electron chi connectivity index (χ0n) is 18.5. The van der Waals surface area contributed by atoms with Gasteiger partial charge in [0.1, 0.15) is 11.5 Å². The molecule has 0 aliphatic carbocycles. The number of carbonyl (C=O) groups excluding carboxylic acids is 1. The molecule has 7 heteroatoms. The average Bonchev–Trinajstić information content (AvgIpc) is 2.78. The second-order valence-electron chi connectivity index (χ2n) is 7.15. The van der Waals surface area contributed by atoms with E-state index in [-0.39, 0.29) is 11.7 Å². The van der Waals surface area contributed by atoms with Crippen LogP contribution in [0.15, 0.2) is 53.5 Å². The standard InChI is InChI=1S/C24H34N4O3/c1-3-25-24(27-15-5-4-8-19-11-13-22(31-2)14-12-19)28-17-7-16-26-23(30)20-9-6-10-21(29)18-20/h6,9-14,18,29H,3-5,7-8,15-17H2,1-2H3,(H,26,30)(H2,25,27,28). The number of guanidine groups is 1. The lowest BCUT2D eigenvalue weighted by molar-refractivity contribution is 0.0953. The molecule has 0 aliphatic rings. The molecule has 0 aromatic heterocycles. The second-order valence-corrected chi connectivity index (χ2v) is 7.15. The molecule has 0 atom stereocenters. The van der Waals surface area contributed by atoms with Crippen LogP contribution in [0.5, 0.6) is 11.5 Å². The van der Waals surface area contributed by atoms with Crippen molar-refractivity contribution in [2.75, 3.05) is 33.3 Å². The molecule has 0 spiro atoms. The van der Waals surface area contributed by atoms with Gasteiger partial charge in [0.25, 0.3) is 5.91 Å². The van der Waals surface area contributed by atoms with Crippen LogP contribution in [0.1, 0.15) is 42.1 Å². The van der Waals surface area contributed by atoms with E-state index in [1.807, 2.05) is 19.1 Å². The van der Waals surface area contributed by atoms with E-state index in [0.717, 1.165) is 50.5 Å². The summed E-state index contributed by atoms with van der Waals surface area (Å²) < 4.78 is 5.19. The number of rotatable bonds is 12. The van der Waals surface area contributed by atoms with Crippen LogP contribution in [0.4, 0.5) is 0 Å². The fraction of sp³-hybridized carbons (Fsp3) is 0.417. The van der Waals surface area contributed by atoms with Gasteiger partial charge in [-0.3, -0.25) is 9.79 Å². The van der Waals surface area contributed by atoms with Crippen LogP contribution in [0, 0.1) is 0 Å². The molecule has 2 aromatic carbocycles. The molecule has 7 nitrogen and oxygen atoms in total. The van der Waals surface area contributed by atoms with Crippen molar-refractivity contribution in [1.82, 2.24) is 16.0 Å². The Kier molecular flexibility index (Phi) is 10.8. The molecule has 2 rings (SSSR count). The van der Waals surface area contributed by atoms with Crippen LogP contribution in [0.2, 0.25) is 0 Å². The molecule has 0 unspecified atom stereocenters. The van der Waals surface area contributed by atoms with E-state index in [4.69, 9.17) is 4.74 Å². The molecule has 4 N–H and O–H groups in total. The van der Waals surface area contributed by atoms with Crippen LogP contribution < -0.4 is 20.7 Å². The maximum Gasteiger partial charge on any atom is 0.251 e. The van der Waals surface area contributed by atoms with Crippen molar-refractivity contribution in [3.63, 3.8) is 0 Å². The second kappa shape index (κ2) is 13.9. The number of carbonyl (C=O) groups is 1. The normalized spacial score (nSPS) is 11.1. The summed E-state index contributed by atoms with van der Waals surface area (Å²) in [5.41, 5.74) is 1.77. The zero-order valence-corrected chi connectivity index (χ0v) is 18.5. The van der Waals surface area contributed by atoms with E-state index in [1.54, 1.807) is 25.3 Å². The zero-order chi connectivity index (χ0) is 22.3. The van der Waals surface area contributed by atoms with E-state index in [9.17, 15) is 9.90 Å². The van der Waals surface area contributed by atoms with E-state index < -0.39 is 0 Å². The van der Waals surface area contributed by atoms with Crippen molar-refractivity contribution in [3.05, 3.63) is 59.7 Å². The number of benzene rings is 2. The molecule has 0 saturated heterocycles. The first-order valence-corrected chi connectivity index (χ1v) is 10.8. The number of unbranched alkanes of at least 4 members (excludes halogenated alkanes) is 1. The number of ether oxygens (including phenoxy) is 1. The lowest BCUT2D eigenvalue weighted by Crippen LogP contribution is -2.38. The topological polar surface area (TPSA) is 95.0 Å². The quantitative estimate of drug-likeness (QED) is 0.238. The Morgan fingerprint density at radius 2 is 1.77 bits per heavy atom. The van der Waals surface area contributed by atoms with Crippen molar-refractivity contribution >= 4 is 11.9 Å². The van der Waals surface area contributed by atoms with E-state index in [1.165, 1.54) is 11.6 Å². The summed E-state index contributed by atoms with van der Waals surface area (Å²) in [5, 5.41) is 18.9. The lowest BCUT2D eigenvalue weighted by Gasteiger charge is -2.11. The van der Waals surface area contributed by atoms with Gasteiger partial charge < -0.3 is 25.8 Å². The Bertz CT molecular complexity index is 822. The third-order valence-electron chi connectivity index (χ3n) is 4.69. The highest BCUT2D eigenvalue weighted by atomic mass is 16.5. The summed E-state index contributed by atoms with van der Waals surface area (Å²) in [6, 6.07) is 14.5. The molecule has 0 fully saturated rings. The number of phenols is 1. The van der Waals surface area contributed by atoms with Crippen molar-refractivity contribution in [3.8, 4) is 11.5 Å². The summed E-state index contributed by atoms with van der Waals surface area (Å²) in [6.45, 7) is 4.83. The molecule has 0 aliphatic heterocycles. The van der Waals surface area contributed by atoms with Gasteiger partial charge in [0.2, 0.25) is 0 Å². The van der Waals surface area contributed by atoms with Crippen LogP contribution in [0.3, 0.4) is 0 Å². The molecular weight excluding hydrogens is 392 g/mol. The third-order valence-corrected chi connectivity index (χ3v) is 4.69. The van der Waals surface area contributed by atoms with E-state index in [2.05, 4.69) is 33.1 Å². The number of hydrogen-bond donors (Lipinski definition) is 4. The number of phenolic OH excluding ortho intramolecular Hbond substituents is 1. The Morgan fingerprint density at radius 1 is 1.00 bits per heavy atom. The fourth-order valence-corrected chi connectivity index (χ4v) is 3.02. The summed E-state index contributed by atoms with van der Waals surface area (Å²) in [4.78, 5) is 16.6. The minimum Gasteiger partial charge on any atom is -0.508 e. The first-order valence-electron chi connectivity index (χ1n) is 10.8. The molecule has 1 amide bonds. The van der Waals surface area contributed by atoms with Crippen molar-refractivity contribution in [2.45, 2.75) is 32.6 Å². The van der Waals surface area contributed by atoms with Crippen molar-refractivity contribution in [2.24, 2.45) is 4.99 Å². The largest absolute Gasteiger partial charge is 0.508 e. The number of methoxy groups -OCH3 is 1. The Balaban J connectivity index is 1.62. The first-order chi connectivity index (χ1) is 15.1. The van der Waals surface area contributed by atoms with E-state index in [0.29, 0.717) is 18.7 Å². The van der Waals surface area contributed by atoms with Gasteiger partial charge in [-0.15, -0.1) is 0 Å². The Morgan fingerprint density at radius 3 is 2.48 bits per heavy atom. The van der Waals surface area contributed by atoms with Gasteiger partial charge in [-0.1, -0.05) is 18.2 Å². The average molecular weight is 427 g/mol. The SMILES string of the molecule is CCNC(=NCCCNC(=O)c1cccc(O)c1)NCCCCc1ccc(OC)cc1. The number of aryl methyl sites for hydroxylation is 1. The molecule has 2 aromatic rings. The summed E-state index contributed by atoms with van der Waals surface area (Å²) >= 11 is 0. The summed E-state index contributed by atoms with van der Waals surface area (Å²) in [6.07, 6.45) is 3.92. The third kappa shape index (κ3) is 9.42. The maximum atomic E-state index is 12.0. The predicted octanol–water partition coefficient (Wildman–Crippen LogP) is 3.10. The minimum atomic E-state index is -0.193. The predicted molar refractivity (Wildman–Crippen MR) is 125 cm³/mol.